The summed E-state index contributed by atoms with van der Waals surface area (Å²) in [5.41, 5.74) is 0.457. The van der Waals surface area contributed by atoms with Gasteiger partial charge in [-0.3, -0.25) is 4.79 Å². The number of rotatable bonds is 4. The molecule has 1 fully saturated rings. The van der Waals surface area contributed by atoms with Crippen LogP contribution in [0.1, 0.15) is 26.2 Å². The predicted molar refractivity (Wildman–Crippen MR) is 78.1 cm³/mol. The van der Waals surface area contributed by atoms with Crippen LogP contribution in [-0.2, 0) is 9.53 Å². The van der Waals surface area contributed by atoms with Gasteiger partial charge in [0.05, 0.1) is 12.0 Å². The molecule has 2 amide bonds. The molecule has 6 nitrogen and oxygen atoms in total. The Hall–Kier alpha value is -1.56. The summed E-state index contributed by atoms with van der Waals surface area (Å²) in [6.45, 7) is 4.61. The highest BCUT2D eigenvalue weighted by atomic mass is 16.5. The van der Waals surface area contributed by atoms with Gasteiger partial charge in [-0.05, 0) is 24.8 Å². The fraction of sp³-hybridized carbons (Fsp3) is 0.733. The van der Waals surface area contributed by atoms with Crippen LogP contribution >= 0.6 is 0 Å². The summed E-state index contributed by atoms with van der Waals surface area (Å²) < 4.78 is 5.10. The first-order valence-corrected chi connectivity index (χ1v) is 7.46. The molecule has 118 valence electrons. The van der Waals surface area contributed by atoms with Crippen LogP contribution in [0, 0.1) is 5.41 Å². The normalized spacial score (nSPS) is 25.9. The number of hydrogen-bond donors (Lipinski definition) is 1. The number of methoxy groups -OCH3 is 1. The molecule has 0 bridgehead atoms. The number of likely N-dealkylation sites (tertiary alicyclic amines) is 1. The largest absolute Gasteiger partial charge is 0.481 e. The molecule has 2 aliphatic heterocycles. The number of amides is 2. The van der Waals surface area contributed by atoms with Gasteiger partial charge in [-0.15, -0.1) is 0 Å². The van der Waals surface area contributed by atoms with Gasteiger partial charge in [0.15, 0.2) is 0 Å². The molecular weight excluding hydrogens is 272 g/mol. The van der Waals surface area contributed by atoms with Crippen LogP contribution < -0.4 is 0 Å². The number of aliphatic carboxylic acids is 1. The topological polar surface area (TPSA) is 70.1 Å². The van der Waals surface area contributed by atoms with Crippen molar-refractivity contribution in [3.63, 3.8) is 0 Å². The van der Waals surface area contributed by atoms with Crippen LogP contribution in [0.2, 0.25) is 0 Å². The SMILES string of the molecule is CCC1(C(=O)O)CCN(C(=O)N2CC=C(COC)CC2)C1. The van der Waals surface area contributed by atoms with Gasteiger partial charge < -0.3 is 19.6 Å². The molecule has 1 atom stereocenters. The smallest absolute Gasteiger partial charge is 0.320 e. The third kappa shape index (κ3) is 3.20. The summed E-state index contributed by atoms with van der Waals surface area (Å²) in [6.07, 6.45) is 3.96. The standard InChI is InChI=1S/C15H24N2O4/c1-3-15(13(18)19)6-9-17(11-15)14(20)16-7-4-12(5-8-16)10-21-2/h4H,3,5-11H2,1-2H3,(H,18,19). The highest BCUT2D eigenvalue weighted by Gasteiger charge is 2.45. The maximum absolute atomic E-state index is 12.5. The van der Waals surface area contributed by atoms with Crippen molar-refractivity contribution in [2.45, 2.75) is 26.2 Å². The number of urea groups is 1. The van der Waals surface area contributed by atoms with Crippen molar-refractivity contribution < 1.29 is 19.4 Å². The Labute approximate surface area is 125 Å². The van der Waals surface area contributed by atoms with Gasteiger partial charge in [0.1, 0.15) is 0 Å². The minimum Gasteiger partial charge on any atom is -0.481 e. The van der Waals surface area contributed by atoms with E-state index in [4.69, 9.17) is 4.74 Å². The third-order valence-corrected chi connectivity index (χ3v) is 4.66. The highest BCUT2D eigenvalue weighted by Crippen LogP contribution is 2.34. The minimum absolute atomic E-state index is 0.0423. The summed E-state index contributed by atoms with van der Waals surface area (Å²) in [6, 6.07) is -0.0423. The molecule has 1 unspecified atom stereocenters. The van der Waals surface area contributed by atoms with E-state index in [9.17, 15) is 14.7 Å². The van der Waals surface area contributed by atoms with Crippen molar-refractivity contribution in [3.05, 3.63) is 11.6 Å². The average molecular weight is 296 g/mol. The number of hydrogen-bond acceptors (Lipinski definition) is 3. The molecule has 21 heavy (non-hydrogen) atoms. The lowest BCUT2D eigenvalue weighted by Gasteiger charge is -2.31. The van der Waals surface area contributed by atoms with Crippen molar-refractivity contribution in [2.75, 3.05) is 39.9 Å². The zero-order valence-electron chi connectivity index (χ0n) is 12.8. The summed E-state index contributed by atoms with van der Waals surface area (Å²) in [7, 11) is 1.67. The first kappa shape index (κ1) is 15.8. The summed E-state index contributed by atoms with van der Waals surface area (Å²) in [5, 5.41) is 9.39. The molecule has 0 radical (unpaired) electrons. The molecule has 0 aromatic heterocycles. The van der Waals surface area contributed by atoms with Crippen molar-refractivity contribution in [2.24, 2.45) is 5.41 Å². The fourth-order valence-corrected chi connectivity index (χ4v) is 3.05. The van der Waals surface area contributed by atoms with Gasteiger partial charge in [-0.25, -0.2) is 4.79 Å². The van der Waals surface area contributed by atoms with Gasteiger partial charge in [-0.1, -0.05) is 13.0 Å². The average Bonchev–Trinajstić information content (AvgIpc) is 2.93. The number of nitrogens with zero attached hydrogens (tertiary/aromatic N) is 2. The maximum Gasteiger partial charge on any atom is 0.320 e. The van der Waals surface area contributed by atoms with Crippen molar-refractivity contribution >= 4 is 12.0 Å². The summed E-state index contributed by atoms with van der Waals surface area (Å²) in [5.74, 6) is -0.791. The van der Waals surface area contributed by atoms with Gasteiger partial charge in [0.25, 0.3) is 0 Å². The van der Waals surface area contributed by atoms with E-state index < -0.39 is 11.4 Å². The molecule has 2 heterocycles. The molecule has 6 heteroatoms. The Morgan fingerprint density at radius 3 is 2.62 bits per heavy atom. The van der Waals surface area contributed by atoms with Crippen molar-refractivity contribution in [3.8, 4) is 0 Å². The Bertz CT molecular complexity index is 449. The Morgan fingerprint density at radius 2 is 2.14 bits per heavy atom. The van der Waals surface area contributed by atoms with Crippen molar-refractivity contribution in [1.29, 1.82) is 0 Å². The number of carbonyl (C=O) groups excluding carboxylic acids is 1. The molecule has 0 aromatic rings. The molecule has 2 aliphatic rings. The number of carbonyl (C=O) groups is 2. The first-order valence-electron chi connectivity index (χ1n) is 7.46. The van der Waals surface area contributed by atoms with Crippen LogP contribution in [0.3, 0.4) is 0 Å². The van der Waals surface area contributed by atoms with E-state index in [1.165, 1.54) is 5.57 Å². The summed E-state index contributed by atoms with van der Waals surface area (Å²) >= 11 is 0. The Kier molecular flexibility index (Phi) is 4.88. The number of ether oxygens (including phenoxy) is 1. The van der Waals surface area contributed by atoms with Crippen molar-refractivity contribution in [1.82, 2.24) is 9.80 Å². The van der Waals surface area contributed by atoms with E-state index in [1.807, 2.05) is 13.0 Å². The zero-order valence-corrected chi connectivity index (χ0v) is 12.8. The maximum atomic E-state index is 12.5. The molecule has 1 N–H and O–H groups in total. The third-order valence-electron chi connectivity index (χ3n) is 4.66. The molecule has 0 saturated carbocycles. The lowest BCUT2D eigenvalue weighted by atomic mass is 9.84. The van der Waals surface area contributed by atoms with Crippen LogP contribution in [0.25, 0.3) is 0 Å². The van der Waals surface area contributed by atoms with Crippen LogP contribution in [-0.4, -0.2) is 66.8 Å². The van der Waals surface area contributed by atoms with Crippen LogP contribution in [0.5, 0.6) is 0 Å². The monoisotopic (exact) mass is 296 g/mol. The Balaban J connectivity index is 1.95. The fourth-order valence-electron chi connectivity index (χ4n) is 3.05. The van der Waals surface area contributed by atoms with E-state index in [2.05, 4.69) is 0 Å². The quantitative estimate of drug-likeness (QED) is 0.800. The lowest BCUT2D eigenvalue weighted by molar-refractivity contribution is -0.148. The molecule has 2 rings (SSSR count). The zero-order chi connectivity index (χ0) is 15.5. The van der Waals surface area contributed by atoms with E-state index in [1.54, 1.807) is 16.9 Å². The molecule has 0 aromatic carbocycles. The Morgan fingerprint density at radius 1 is 1.38 bits per heavy atom. The molecule has 0 aliphatic carbocycles. The van der Waals surface area contributed by atoms with Gasteiger partial charge in [0, 0.05) is 33.3 Å². The van der Waals surface area contributed by atoms with Crippen LogP contribution in [0.4, 0.5) is 4.79 Å². The minimum atomic E-state index is -0.791. The molecule has 1 saturated heterocycles. The van der Waals surface area contributed by atoms with Gasteiger partial charge in [-0.2, -0.15) is 0 Å². The van der Waals surface area contributed by atoms with E-state index in [0.717, 1.165) is 6.42 Å². The second-order valence-electron chi connectivity index (χ2n) is 5.88. The van der Waals surface area contributed by atoms with Crippen LogP contribution in [0.15, 0.2) is 11.6 Å². The second kappa shape index (κ2) is 6.47. The highest BCUT2D eigenvalue weighted by molar-refractivity contribution is 5.80. The van der Waals surface area contributed by atoms with E-state index >= 15 is 0 Å². The number of carboxylic acid groups (broad SMARTS) is 1. The van der Waals surface area contributed by atoms with Gasteiger partial charge >= 0.3 is 12.0 Å². The molecular formula is C15H24N2O4. The first-order chi connectivity index (χ1) is 10.0. The lowest BCUT2D eigenvalue weighted by Crippen LogP contribution is -2.45. The predicted octanol–water partition coefficient (Wildman–Crippen LogP) is 1.57. The molecule has 0 spiro atoms. The number of carboxylic acids is 1. The second-order valence-corrected chi connectivity index (χ2v) is 5.88. The van der Waals surface area contributed by atoms with E-state index in [-0.39, 0.29) is 6.03 Å². The summed E-state index contributed by atoms with van der Waals surface area (Å²) in [4.78, 5) is 27.4. The van der Waals surface area contributed by atoms with E-state index in [0.29, 0.717) is 45.6 Å². The van der Waals surface area contributed by atoms with Gasteiger partial charge in [0.2, 0.25) is 0 Å².